The van der Waals surface area contributed by atoms with Crippen LogP contribution in [0, 0.1) is 0 Å². The molecule has 0 N–H and O–H groups in total. The number of carbonyl (C=O) groups is 1. The Balaban J connectivity index is 1.75. The molecule has 0 aliphatic rings. The van der Waals surface area contributed by atoms with E-state index in [1.54, 1.807) is 24.3 Å². The third-order valence-electron chi connectivity index (χ3n) is 3.33. The minimum absolute atomic E-state index is 0.320. The van der Waals surface area contributed by atoms with E-state index >= 15 is 0 Å². The molecular weight excluding hydrogens is 331 g/mol. The van der Waals surface area contributed by atoms with Crippen LogP contribution in [-0.4, -0.2) is 5.97 Å². The Kier molecular flexibility index (Phi) is 4.65. The number of ether oxygens (including phenoxy) is 1. The summed E-state index contributed by atoms with van der Waals surface area (Å²) in [6.07, 6.45) is 0. The van der Waals surface area contributed by atoms with Gasteiger partial charge >= 0.3 is 5.97 Å². The highest BCUT2D eigenvalue weighted by atomic mass is 35.5. The molecule has 0 aromatic heterocycles. The second-order valence-corrected chi connectivity index (χ2v) is 5.72. The lowest BCUT2D eigenvalue weighted by atomic mass is 10.1. The van der Waals surface area contributed by atoms with Crippen molar-refractivity contribution < 1.29 is 9.53 Å². The summed E-state index contributed by atoms with van der Waals surface area (Å²) < 4.78 is 5.35. The van der Waals surface area contributed by atoms with Crippen molar-refractivity contribution in [1.82, 2.24) is 0 Å². The molecule has 0 aliphatic carbocycles. The van der Waals surface area contributed by atoms with Crippen molar-refractivity contribution >= 4 is 29.2 Å². The molecule has 0 radical (unpaired) electrons. The molecule has 23 heavy (non-hydrogen) atoms. The molecule has 0 aliphatic heterocycles. The maximum atomic E-state index is 12.1. The topological polar surface area (TPSA) is 26.3 Å². The molecule has 0 saturated carbocycles. The molecule has 4 heteroatoms. The largest absolute Gasteiger partial charge is 0.423 e. The number of benzene rings is 3. The molecule has 3 aromatic rings. The van der Waals surface area contributed by atoms with Crippen molar-refractivity contribution in [3.05, 3.63) is 88.4 Å². The quantitative estimate of drug-likeness (QED) is 0.438. The zero-order valence-electron chi connectivity index (χ0n) is 12.0. The molecule has 2 nitrogen and oxygen atoms in total. The Morgan fingerprint density at radius 3 is 2.04 bits per heavy atom. The summed E-state index contributed by atoms with van der Waals surface area (Å²) in [6, 6.07) is 22.0. The molecule has 0 spiro atoms. The van der Waals surface area contributed by atoms with Crippen LogP contribution in [0.1, 0.15) is 10.4 Å². The first kappa shape index (κ1) is 15.6. The van der Waals surface area contributed by atoms with Crippen LogP contribution < -0.4 is 4.74 Å². The lowest BCUT2D eigenvalue weighted by molar-refractivity contribution is 0.0735. The van der Waals surface area contributed by atoms with E-state index in [9.17, 15) is 4.79 Å². The van der Waals surface area contributed by atoms with Gasteiger partial charge < -0.3 is 4.74 Å². The van der Waals surface area contributed by atoms with Gasteiger partial charge in [0.1, 0.15) is 5.75 Å². The normalized spacial score (nSPS) is 10.3. The van der Waals surface area contributed by atoms with Crippen molar-refractivity contribution in [2.24, 2.45) is 0 Å². The van der Waals surface area contributed by atoms with Crippen LogP contribution in [0.3, 0.4) is 0 Å². The predicted octanol–water partition coefficient (Wildman–Crippen LogP) is 5.88. The summed E-state index contributed by atoms with van der Waals surface area (Å²) in [4.78, 5) is 12.1. The van der Waals surface area contributed by atoms with Crippen molar-refractivity contribution in [3.63, 3.8) is 0 Å². The van der Waals surface area contributed by atoms with E-state index in [0.717, 1.165) is 11.1 Å². The summed E-state index contributed by atoms with van der Waals surface area (Å²) >= 11 is 11.7. The first-order valence-corrected chi connectivity index (χ1v) is 7.72. The molecule has 0 bridgehead atoms. The van der Waals surface area contributed by atoms with Gasteiger partial charge in [0.25, 0.3) is 0 Å². The highest BCUT2D eigenvalue weighted by Gasteiger charge is 2.10. The maximum Gasteiger partial charge on any atom is 0.343 e. The van der Waals surface area contributed by atoms with E-state index in [1.165, 1.54) is 6.07 Å². The number of esters is 1. The molecular formula is C19H12Cl2O2. The van der Waals surface area contributed by atoms with Crippen LogP contribution in [0.2, 0.25) is 10.0 Å². The van der Waals surface area contributed by atoms with Crippen molar-refractivity contribution in [2.75, 3.05) is 0 Å². The van der Waals surface area contributed by atoms with E-state index in [4.69, 9.17) is 27.9 Å². The highest BCUT2D eigenvalue weighted by Crippen LogP contribution is 2.25. The van der Waals surface area contributed by atoms with E-state index in [1.807, 2.05) is 42.5 Å². The van der Waals surface area contributed by atoms with Crippen LogP contribution in [0.5, 0.6) is 5.75 Å². The Morgan fingerprint density at radius 1 is 0.739 bits per heavy atom. The fourth-order valence-corrected chi connectivity index (χ4v) is 2.43. The fourth-order valence-electron chi connectivity index (χ4n) is 2.14. The summed E-state index contributed by atoms with van der Waals surface area (Å²) in [5, 5.41) is 0.718. The molecule has 0 unspecified atom stereocenters. The van der Waals surface area contributed by atoms with Crippen molar-refractivity contribution in [2.45, 2.75) is 0 Å². The second kappa shape index (κ2) is 6.86. The highest BCUT2D eigenvalue weighted by molar-refractivity contribution is 6.42. The monoisotopic (exact) mass is 342 g/mol. The van der Waals surface area contributed by atoms with E-state index in [-0.39, 0.29) is 0 Å². The third kappa shape index (κ3) is 3.73. The van der Waals surface area contributed by atoms with Gasteiger partial charge in [-0.2, -0.15) is 0 Å². The smallest absolute Gasteiger partial charge is 0.343 e. The molecule has 0 amide bonds. The summed E-state index contributed by atoms with van der Waals surface area (Å²) in [6.45, 7) is 0. The van der Waals surface area contributed by atoms with Gasteiger partial charge in [-0.3, -0.25) is 0 Å². The van der Waals surface area contributed by atoms with Gasteiger partial charge in [0, 0.05) is 0 Å². The minimum Gasteiger partial charge on any atom is -0.423 e. The Morgan fingerprint density at radius 2 is 1.39 bits per heavy atom. The van der Waals surface area contributed by atoms with Gasteiger partial charge in [-0.1, -0.05) is 65.7 Å². The lowest BCUT2D eigenvalue weighted by Gasteiger charge is -2.07. The van der Waals surface area contributed by atoms with Crippen molar-refractivity contribution in [3.8, 4) is 16.9 Å². The molecule has 0 heterocycles. The zero-order chi connectivity index (χ0) is 16.2. The SMILES string of the molecule is O=C(Oc1ccc(-c2ccccc2)cc1)c1ccc(Cl)c(Cl)c1. The number of carbonyl (C=O) groups excluding carboxylic acids is 1. The van der Waals surface area contributed by atoms with Gasteiger partial charge in [-0.25, -0.2) is 4.79 Å². The van der Waals surface area contributed by atoms with Crippen LogP contribution in [0.4, 0.5) is 0 Å². The number of hydrogen-bond acceptors (Lipinski definition) is 2. The van der Waals surface area contributed by atoms with Crippen LogP contribution >= 0.6 is 23.2 Å². The first-order valence-electron chi connectivity index (χ1n) is 6.96. The predicted molar refractivity (Wildman–Crippen MR) is 93.3 cm³/mol. The molecule has 0 atom stereocenters. The maximum absolute atomic E-state index is 12.1. The van der Waals surface area contributed by atoms with Crippen LogP contribution in [0.25, 0.3) is 11.1 Å². The Hall–Kier alpha value is -2.29. The summed E-state index contributed by atoms with van der Waals surface area (Å²) in [7, 11) is 0. The van der Waals surface area contributed by atoms with Gasteiger partial charge in [-0.15, -0.1) is 0 Å². The fraction of sp³-hybridized carbons (Fsp3) is 0. The average molecular weight is 343 g/mol. The number of halogens is 2. The summed E-state index contributed by atoms with van der Waals surface area (Å²) in [5.41, 5.74) is 2.52. The second-order valence-electron chi connectivity index (χ2n) is 4.91. The van der Waals surface area contributed by atoms with Gasteiger partial charge in [0.15, 0.2) is 0 Å². The van der Waals surface area contributed by atoms with Crippen LogP contribution in [-0.2, 0) is 0 Å². The van der Waals surface area contributed by atoms with E-state index in [2.05, 4.69) is 0 Å². The zero-order valence-corrected chi connectivity index (χ0v) is 13.5. The molecule has 3 rings (SSSR count). The average Bonchev–Trinajstić information content (AvgIpc) is 2.59. The first-order chi connectivity index (χ1) is 11.1. The third-order valence-corrected chi connectivity index (χ3v) is 4.07. The minimum atomic E-state index is -0.476. The van der Waals surface area contributed by atoms with Crippen molar-refractivity contribution in [1.29, 1.82) is 0 Å². The Bertz CT molecular complexity index is 828. The van der Waals surface area contributed by atoms with E-state index < -0.39 is 5.97 Å². The Labute approximate surface area is 144 Å². The summed E-state index contributed by atoms with van der Waals surface area (Å²) in [5.74, 6) is -0.00298. The molecule has 0 saturated heterocycles. The van der Waals surface area contributed by atoms with Gasteiger partial charge in [-0.05, 0) is 41.5 Å². The standard InChI is InChI=1S/C19H12Cl2O2/c20-17-11-8-15(12-18(17)21)19(22)23-16-9-6-14(7-10-16)13-4-2-1-3-5-13/h1-12H. The number of hydrogen-bond donors (Lipinski definition) is 0. The molecule has 3 aromatic carbocycles. The van der Waals surface area contributed by atoms with E-state index in [0.29, 0.717) is 21.4 Å². The van der Waals surface area contributed by atoms with Gasteiger partial charge in [0.2, 0.25) is 0 Å². The lowest BCUT2D eigenvalue weighted by Crippen LogP contribution is -2.08. The molecule has 114 valence electrons. The molecule has 0 fully saturated rings. The van der Waals surface area contributed by atoms with Crippen LogP contribution in [0.15, 0.2) is 72.8 Å². The number of rotatable bonds is 3. The van der Waals surface area contributed by atoms with Gasteiger partial charge in [0.05, 0.1) is 15.6 Å².